The zero-order valence-corrected chi connectivity index (χ0v) is 17.0. The SMILES string of the molecule is CCc1nncn1CCNC(=NC)NCc1ccc(OC(C)C)cc1C(F)(F)F. The van der Waals surface area contributed by atoms with Gasteiger partial charge in [-0.2, -0.15) is 13.2 Å². The molecule has 0 radical (unpaired) electrons. The lowest BCUT2D eigenvalue weighted by molar-refractivity contribution is -0.138. The molecule has 160 valence electrons. The van der Waals surface area contributed by atoms with E-state index in [-0.39, 0.29) is 24.0 Å². The van der Waals surface area contributed by atoms with E-state index < -0.39 is 11.7 Å². The maximum absolute atomic E-state index is 13.5. The van der Waals surface area contributed by atoms with Crippen molar-refractivity contribution >= 4 is 5.96 Å². The zero-order chi connectivity index (χ0) is 21.4. The fourth-order valence-corrected chi connectivity index (χ4v) is 2.75. The standard InChI is InChI=1S/C19H27F3N6O/c1-5-17-27-26-12-28(17)9-8-24-18(23-4)25-11-14-6-7-15(29-13(2)3)10-16(14)19(20,21)22/h6-7,10,12-13H,5,8-9,11H2,1-4H3,(H2,23,24,25). The largest absolute Gasteiger partial charge is 0.491 e. The summed E-state index contributed by atoms with van der Waals surface area (Å²) >= 11 is 0. The molecule has 29 heavy (non-hydrogen) atoms. The number of aliphatic imine (C=N–C) groups is 1. The lowest BCUT2D eigenvalue weighted by atomic mass is 10.1. The molecule has 0 unspecified atom stereocenters. The van der Waals surface area contributed by atoms with Gasteiger partial charge in [0.25, 0.3) is 0 Å². The van der Waals surface area contributed by atoms with Crippen LogP contribution in [0.2, 0.25) is 0 Å². The van der Waals surface area contributed by atoms with Gasteiger partial charge < -0.3 is 19.9 Å². The third kappa shape index (κ3) is 6.65. The molecule has 1 heterocycles. The van der Waals surface area contributed by atoms with Gasteiger partial charge in [0.2, 0.25) is 0 Å². The van der Waals surface area contributed by atoms with Gasteiger partial charge in [0.1, 0.15) is 17.9 Å². The molecular formula is C19H27F3N6O. The summed E-state index contributed by atoms with van der Waals surface area (Å²) in [4.78, 5) is 4.06. The van der Waals surface area contributed by atoms with Gasteiger partial charge in [-0.25, -0.2) is 0 Å². The van der Waals surface area contributed by atoms with Crippen molar-refractivity contribution in [3.05, 3.63) is 41.5 Å². The maximum Gasteiger partial charge on any atom is 0.416 e. The normalized spacial score (nSPS) is 12.3. The highest BCUT2D eigenvalue weighted by molar-refractivity contribution is 5.79. The fraction of sp³-hybridized carbons (Fsp3) is 0.526. The second kappa shape index (κ2) is 10.1. The number of rotatable bonds is 8. The molecule has 0 aliphatic carbocycles. The van der Waals surface area contributed by atoms with E-state index in [0.717, 1.165) is 18.3 Å². The van der Waals surface area contributed by atoms with Crippen LogP contribution in [0.1, 0.15) is 37.7 Å². The number of halogens is 3. The summed E-state index contributed by atoms with van der Waals surface area (Å²) in [5.74, 6) is 1.47. The van der Waals surface area contributed by atoms with Crippen molar-refractivity contribution < 1.29 is 17.9 Å². The first kappa shape index (κ1) is 22.5. The predicted octanol–water partition coefficient (Wildman–Crippen LogP) is 3.01. The van der Waals surface area contributed by atoms with Crippen LogP contribution in [-0.2, 0) is 25.7 Å². The van der Waals surface area contributed by atoms with Gasteiger partial charge in [-0.15, -0.1) is 10.2 Å². The lowest BCUT2D eigenvalue weighted by Crippen LogP contribution is -2.38. The Morgan fingerprint density at radius 1 is 1.28 bits per heavy atom. The Labute approximate surface area is 168 Å². The number of guanidine groups is 1. The molecule has 0 amide bonds. The van der Waals surface area contributed by atoms with Crippen molar-refractivity contribution in [2.24, 2.45) is 4.99 Å². The molecular weight excluding hydrogens is 385 g/mol. The Bertz CT molecular complexity index is 817. The second-order valence-corrected chi connectivity index (χ2v) is 6.63. The summed E-state index contributed by atoms with van der Waals surface area (Å²) in [5.41, 5.74) is -0.612. The van der Waals surface area contributed by atoms with Gasteiger partial charge in [-0.1, -0.05) is 13.0 Å². The number of ether oxygens (including phenoxy) is 1. The minimum Gasteiger partial charge on any atom is -0.491 e. The van der Waals surface area contributed by atoms with E-state index in [0.29, 0.717) is 19.0 Å². The van der Waals surface area contributed by atoms with E-state index in [1.807, 2.05) is 11.5 Å². The van der Waals surface area contributed by atoms with Crippen molar-refractivity contribution in [1.29, 1.82) is 0 Å². The van der Waals surface area contributed by atoms with Crippen molar-refractivity contribution in [3.63, 3.8) is 0 Å². The lowest BCUT2D eigenvalue weighted by Gasteiger charge is -2.18. The molecule has 0 saturated carbocycles. The average Bonchev–Trinajstić information content (AvgIpc) is 3.11. The van der Waals surface area contributed by atoms with Gasteiger partial charge in [0, 0.05) is 33.1 Å². The molecule has 0 aliphatic heterocycles. The van der Waals surface area contributed by atoms with Crippen molar-refractivity contribution in [2.75, 3.05) is 13.6 Å². The Morgan fingerprint density at radius 3 is 2.66 bits per heavy atom. The Morgan fingerprint density at radius 2 is 2.03 bits per heavy atom. The monoisotopic (exact) mass is 412 g/mol. The van der Waals surface area contributed by atoms with Gasteiger partial charge in [0.05, 0.1) is 11.7 Å². The van der Waals surface area contributed by atoms with Gasteiger partial charge >= 0.3 is 6.18 Å². The van der Waals surface area contributed by atoms with E-state index in [9.17, 15) is 13.2 Å². The molecule has 0 bridgehead atoms. The van der Waals surface area contributed by atoms with Crippen LogP contribution in [-0.4, -0.2) is 40.4 Å². The highest BCUT2D eigenvalue weighted by Crippen LogP contribution is 2.34. The first-order chi connectivity index (χ1) is 13.7. The van der Waals surface area contributed by atoms with Crippen molar-refractivity contribution in [3.8, 4) is 5.75 Å². The molecule has 0 aliphatic rings. The second-order valence-electron chi connectivity index (χ2n) is 6.63. The molecule has 1 aromatic heterocycles. The summed E-state index contributed by atoms with van der Waals surface area (Å²) in [6.07, 6.45) is -2.27. The summed E-state index contributed by atoms with van der Waals surface area (Å²) in [6, 6.07) is 4.00. The van der Waals surface area contributed by atoms with Gasteiger partial charge in [-0.05, 0) is 31.5 Å². The summed E-state index contributed by atoms with van der Waals surface area (Å²) < 4.78 is 47.7. The first-order valence-corrected chi connectivity index (χ1v) is 9.42. The maximum atomic E-state index is 13.5. The zero-order valence-electron chi connectivity index (χ0n) is 17.0. The third-order valence-corrected chi connectivity index (χ3v) is 4.09. The topological polar surface area (TPSA) is 76.4 Å². The Hall–Kier alpha value is -2.78. The van der Waals surface area contributed by atoms with Crippen LogP contribution in [0.15, 0.2) is 29.5 Å². The van der Waals surface area contributed by atoms with Crippen LogP contribution in [0.3, 0.4) is 0 Å². The summed E-state index contributed by atoms with van der Waals surface area (Å²) in [6.45, 7) is 6.64. The molecule has 0 fully saturated rings. The number of alkyl halides is 3. The number of nitrogens with one attached hydrogen (secondary N) is 2. The van der Waals surface area contributed by atoms with Crippen LogP contribution >= 0.6 is 0 Å². The number of aryl methyl sites for hydroxylation is 1. The Balaban J connectivity index is 1.99. The smallest absolute Gasteiger partial charge is 0.416 e. The van der Waals surface area contributed by atoms with Crippen molar-refractivity contribution in [1.82, 2.24) is 25.4 Å². The quantitative estimate of drug-likeness (QED) is 0.515. The number of nitrogens with zero attached hydrogens (tertiary/aromatic N) is 4. The van der Waals surface area contributed by atoms with Crippen LogP contribution in [0.4, 0.5) is 13.2 Å². The molecule has 2 rings (SSSR count). The highest BCUT2D eigenvalue weighted by atomic mass is 19.4. The molecule has 2 N–H and O–H groups in total. The van der Waals surface area contributed by atoms with E-state index in [2.05, 4.69) is 25.8 Å². The summed E-state index contributed by atoms with van der Waals surface area (Å²) in [7, 11) is 1.57. The summed E-state index contributed by atoms with van der Waals surface area (Å²) in [5, 5.41) is 13.9. The molecule has 10 heteroatoms. The van der Waals surface area contributed by atoms with E-state index in [4.69, 9.17) is 4.74 Å². The van der Waals surface area contributed by atoms with Crippen LogP contribution in [0.5, 0.6) is 5.75 Å². The molecule has 0 atom stereocenters. The first-order valence-electron chi connectivity index (χ1n) is 9.42. The molecule has 2 aromatic rings. The molecule has 1 aromatic carbocycles. The average molecular weight is 412 g/mol. The highest BCUT2D eigenvalue weighted by Gasteiger charge is 2.33. The van der Waals surface area contributed by atoms with Crippen molar-refractivity contribution in [2.45, 2.75) is 52.6 Å². The molecule has 0 spiro atoms. The number of hydrogen-bond donors (Lipinski definition) is 2. The van der Waals surface area contributed by atoms with E-state index in [1.54, 1.807) is 33.3 Å². The van der Waals surface area contributed by atoms with Crippen LogP contribution in [0, 0.1) is 0 Å². The Kier molecular flexibility index (Phi) is 7.86. The molecule has 7 nitrogen and oxygen atoms in total. The molecule has 0 saturated heterocycles. The van der Waals surface area contributed by atoms with Gasteiger partial charge in [0.15, 0.2) is 5.96 Å². The number of benzene rings is 1. The minimum absolute atomic E-state index is 0.0245. The predicted molar refractivity (Wildman–Crippen MR) is 105 cm³/mol. The number of aromatic nitrogens is 3. The third-order valence-electron chi connectivity index (χ3n) is 4.09. The fourth-order valence-electron chi connectivity index (χ4n) is 2.75. The van der Waals surface area contributed by atoms with E-state index in [1.165, 1.54) is 6.07 Å². The van der Waals surface area contributed by atoms with Crippen LogP contribution in [0.25, 0.3) is 0 Å². The van der Waals surface area contributed by atoms with E-state index >= 15 is 0 Å². The number of hydrogen-bond acceptors (Lipinski definition) is 4. The van der Waals surface area contributed by atoms with Crippen LogP contribution < -0.4 is 15.4 Å². The van der Waals surface area contributed by atoms with Gasteiger partial charge in [-0.3, -0.25) is 4.99 Å². The minimum atomic E-state index is -4.48.